The van der Waals surface area contributed by atoms with Crippen molar-refractivity contribution in [3.8, 4) is 11.3 Å². The van der Waals surface area contributed by atoms with Crippen molar-refractivity contribution in [1.82, 2.24) is 19.9 Å². The van der Waals surface area contributed by atoms with Gasteiger partial charge in [-0.25, -0.2) is 19.9 Å². The Morgan fingerprint density at radius 1 is 1.05 bits per heavy atom. The molecule has 2 heterocycles. The van der Waals surface area contributed by atoms with Gasteiger partial charge in [-0.05, 0) is 6.07 Å². The van der Waals surface area contributed by atoms with Crippen LogP contribution in [0.25, 0.3) is 11.3 Å². The minimum atomic E-state index is -4.55. The van der Waals surface area contributed by atoms with Crippen molar-refractivity contribution in [2.75, 3.05) is 0 Å². The van der Waals surface area contributed by atoms with Crippen LogP contribution >= 0.6 is 12.4 Å². The van der Waals surface area contributed by atoms with Crippen molar-refractivity contribution >= 4 is 12.4 Å². The molecule has 0 spiro atoms. The predicted molar refractivity (Wildman–Crippen MR) is 63.2 cm³/mol. The van der Waals surface area contributed by atoms with Gasteiger partial charge >= 0.3 is 6.18 Å². The fourth-order valence-electron chi connectivity index (χ4n) is 1.27. The monoisotopic (exact) mass is 291 g/mol. The largest absolute Gasteiger partial charge is 0.451 e. The van der Waals surface area contributed by atoms with Gasteiger partial charge in [-0.15, -0.1) is 12.4 Å². The van der Waals surface area contributed by atoms with Gasteiger partial charge in [-0.3, -0.25) is 0 Å². The van der Waals surface area contributed by atoms with Crippen LogP contribution in [0, 0.1) is 0 Å². The summed E-state index contributed by atoms with van der Waals surface area (Å²) < 4.78 is 36.8. The first kappa shape index (κ1) is 15.3. The summed E-state index contributed by atoms with van der Waals surface area (Å²) in [6.07, 6.45) is -1.13. The van der Waals surface area contributed by atoms with E-state index in [0.29, 0.717) is 17.0 Å². The summed E-state index contributed by atoms with van der Waals surface area (Å²) in [5.41, 5.74) is 6.80. The molecule has 9 heteroatoms. The van der Waals surface area contributed by atoms with Crippen LogP contribution in [0.15, 0.2) is 24.8 Å². The molecule has 0 saturated carbocycles. The van der Waals surface area contributed by atoms with E-state index < -0.39 is 12.0 Å². The highest BCUT2D eigenvalue weighted by Gasteiger charge is 2.34. The second kappa shape index (κ2) is 5.89. The zero-order chi connectivity index (χ0) is 13.2. The second-order valence-electron chi connectivity index (χ2n) is 3.39. The van der Waals surface area contributed by atoms with Crippen LogP contribution in [0.4, 0.5) is 13.2 Å². The molecule has 0 atom stereocenters. The molecular formula is C10H9ClF3N5. The minimum absolute atomic E-state index is 0. The molecule has 0 unspecified atom stereocenters. The number of hydrogen-bond acceptors (Lipinski definition) is 5. The lowest BCUT2D eigenvalue weighted by atomic mass is 10.2. The first-order valence-corrected chi connectivity index (χ1v) is 4.91. The summed E-state index contributed by atoms with van der Waals surface area (Å²) in [5.74, 6) is -1.18. The van der Waals surface area contributed by atoms with Crippen LogP contribution in [0.5, 0.6) is 0 Å². The Bertz CT molecular complexity index is 544. The van der Waals surface area contributed by atoms with Gasteiger partial charge < -0.3 is 5.73 Å². The van der Waals surface area contributed by atoms with E-state index in [1.54, 1.807) is 6.07 Å². The van der Waals surface area contributed by atoms with Gasteiger partial charge in [0.05, 0.1) is 11.4 Å². The first-order valence-electron chi connectivity index (χ1n) is 4.91. The Labute approximate surface area is 112 Å². The van der Waals surface area contributed by atoms with Gasteiger partial charge in [-0.2, -0.15) is 13.2 Å². The fourth-order valence-corrected chi connectivity index (χ4v) is 1.27. The van der Waals surface area contributed by atoms with E-state index in [-0.39, 0.29) is 19.0 Å². The highest BCUT2D eigenvalue weighted by atomic mass is 35.5. The predicted octanol–water partition coefficient (Wildman–Crippen LogP) is 1.83. The van der Waals surface area contributed by atoms with Gasteiger partial charge in [0.25, 0.3) is 0 Å². The SMILES string of the molecule is Cl.NCc1cc(-c2cnc(C(F)(F)F)nc2)ncn1. The molecule has 2 aromatic heterocycles. The zero-order valence-electron chi connectivity index (χ0n) is 9.42. The molecular weight excluding hydrogens is 283 g/mol. The van der Waals surface area contributed by atoms with Crippen molar-refractivity contribution in [2.45, 2.75) is 12.7 Å². The van der Waals surface area contributed by atoms with Crippen LogP contribution in [-0.4, -0.2) is 19.9 Å². The fraction of sp³-hybridized carbons (Fsp3) is 0.200. The van der Waals surface area contributed by atoms with E-state index in [0.717, 1.165) is 12.4 Å². The average Bonchev–Trinajstić information content (AvgIpc) is 2.38. The summed E-state index contributed by atoms with van der Waals surface area (Å²) in [4.78, 5) is 14.3. The van der Waals surface area contributed by atoms with E-state index in [1.165, 1.54) is 6.33 Å². The second-order valence-corrected chi connectivity index (χ2v) is 3.39. The van der Waals surface area contributed by atoms with E-state index in [2.05, 4.69) is 19.9 Å². The molecule has 0 aliphatic heterocycles. The number of halogens is 4. The van der Waals surface area contributed by atoms with Gasteiger partial charge in [0.15, 0.2) is 0 Å². The van der Waals surface area contributed by atoms with E-state index in [4.69, 9.17) is 5.73 Å². The molecule has 2 aromatic rings. The Hall–Kier alpha value is -1.80. The molecule has 2 rings (SSSR count). The summed E-state index contributed by atoms with van der Waals surface area (Å²) >= 11 is 0. The molecule has 0 fully saturated rings. The topological polar surface area (TPSA) is 77.6 Å². The van der Waals surface area contributed by atoms with E-state index in [1.807, 2.05) is 0 Å². The minimum Gasteiger partial charge on any atom is -0.325 e. The van der Waals surface area contributed by atoms with E-state index >= 15 is 0 Å². The Morgan fingerprint density at radius 3 is 2.21 bits per heavy atom. The quantitative estimate of drug-likeness (QED) is 0.913. The molecule has 0 aromatic carbocycles. The molecule has 5 nitrogen and oxygen atoms in total. The summed E-state index contributed by atoms with van der Waals surface area (Å²) in [6, 6.07) is 1.58. The van der Waals surface area contributed by atoms with Crippen molar-refractivity contribution in [2.24, 2.45) is 5.73 Å². The molecule has 0 aliphatic rings. The average molecular weight is 292 g/mol. The van der Waals surface area contributed by atoms with Crippen molar-refractivity contribution in [3.05, 3.63) is 36.3 Å². The van der Waals surface area contributed by atoms with Gasteiger partial charge in [0.2, 0.25) is 5.82 Å². The number of hydrogen-bond donors (Lipinski definition) is 1. The maximum Gasteiger partial charge on any atom is 0.451 e. The maximum absolute atomic E-state index is 12.3. The van der Waals surface area contributed by atoms with Crippen LogP contribution in [0.3, 0.4) is 0 Å². The zero-order valence-corrected chi connectivity index (χ0v) is 10.2. The number of aromatic nitrogens is 4. The summed E-state index contributed by atoms with van der Waals surface area (Å²) in [6.45, 7) is 0.219. The van der Waals surface area contributed by atoms with Gasteiger partial charge in [-0.1, -0.05) is 0 Å². The standard InChI is InChI=1S/C10H8F3N5.ClH/c11-10(12,13)9-15-3-6(4-16-9)8-1-7(2-14)17-5-18-8;/h1,3-5H,2,14H2;1H. The number of rotatable bonds is 2. The van der Waals surface area contributed by atoms with Crippen LogP contribution < -0.4 is 5.73 Å². The highest BCUT2D eigenvalue weighted by Crippen LogP contribution is 2.26. The normalized spacial score (nSPS) is 10.9. The molecule has 0 radical (unpaired) electrons. The maximum atomic E-state index is 12.3. The first-order chi connectivity index (χ1) is 8.50. The smallest absolute Gasteiger partial charge is 0.325 e. The lowest BCUT2D eigenvalue weighted by molar-refractivity contribution is -0.144. The third-order valence-electron chi connectivity index (χ3n) is 2.13. The molecule has 0 aliphatic carbocycles. The summed E-state index contributed by atoms with van der Waals surface area (Å²) in [5, 5.41) is 0. The van der Waals surface area contributed by atoms with Crippen LogP contribution in [0.1, 0.15) is 11.5 Å². The van der Waals surface area contributed by atoms with Crippen molar-refractivity contribution in [1.29, 1.82) is 0 Å². The Balaban J connectivity index is 0.00000180. The molecule has 19 heavy (non-hydrogen) atoms. The lowest BCUT2D eigenvalue weighted by Crippen LogP contribution is -2.10. The third-order valence-corrected chi connectivity index (χ3v) is 2.13. The third kappa shape index (κ3) is 3.58. The highest BCUT2D eigenvalue weighted by molar-refractivity contribution is 5.85. The molecule has 0 amide bonds. The van der Waals surface area contributed by atoms with Crippen molar-refractivity contribution < 1.29 is 13.2 Å². The number of nitrogens with zero attached hydrogens (tertiary/aromatic N) is 4. The molecule has 102 valence electrons. The van der Waals surface area contributed by atoms with Gasteiger partial charge in [0, 0.05) is 24.5 Å². The molecule has 0 bridgehead atoms. The Kier molecular flexibility index (Phi) is 4.73. The lowest BCUT2D eigenvalue weighted by Gasteiger charge is -2.05. The molecule has 0 saturated heterocycles. The van der Waals surface area contributed by atoms with Crippen LogP contribution in [-0.2, 0) is 12.7 Å². The Morgan fingerprint density at radius 2 is 1.68 bits per heavy atom. The molecule has 2 N–H and O–H groups in total. The number of alkyl halides is 3. The number of nitrogens with two attached hydrogens (primary N) is 1. The van der Waals surface area contributed by atoms with E-state index in [9.17, 15) is 13.2 Å². The summed E-state index contributed by atoms with van der Waals surface area (Å²) in [7, 11) is 0. The van der Waals surface area contributed by atoms with Crippen molar-refractivity contribution in [3.63, 3.8) is 0 Å². The van der Waals surface area contributed by atoms with Crippen LogP contribution in [0.2, 0.25) is 0 Å². The van der Waals surface area contributed by atoms with Gasteiger partial charge in [0.1, 0.15) is 6.33 Å².